The Balaban J connectivity index is 2.98. The number of aromatic nitrogens is 3. The van der Waals surface area contributed by atoms with Crippen LogP contribution in [0.4, 0.5) is 0 Å². The van der Waals surface area contributed by atoms with Crippen molar-refractivity contribution in [2.75, 3.05) is 0 Å². The van der Waals surface area contributed by atoms with Gasteiger partial charge in [-0.1, -0.05) is 11.6 Å². The molecule has 0 aromatic carbocycles. The van der Waals surface area contributed by atoms with Crippen LogP contribution in [0.3, 0.4) is 0 Å². The first kappa shape index (κ1) is 7.36. The van der Waals surface area contributed by atoms with Crippen LogP contribution in [0.5, 0.6) is 0 Å². The summed E-state index contributed by atoms with van der Waals surface area (Å²) >= 11 is 5.66. The summed E-state index contributed by atoms with van der Waals surface area (Å²) in [6.07, 6.45) is 0. The molecule has 0 unspecified atom stereocenters. The summed E-state index contributed by atoms with van der Waals surface area (Å²) in [5.41, 5.74) is 1.10. The summed E-state index contributed by atoms with van der Waals surface area (Å²) in [7, 11) is 1.64. The molecule has 0 bridgehead atoms. The van der Waals surface area contributed by atoms with E-state index in [0.29, 0.717) is 16.3 Å². The lowest BCUT2D eigenvalue weighted by molar-refractivity contribution is 0.879. The van der Waals surface area contributed by atoms with E-state index in [1.54, 1.807) is 19.2 Å². The predicted molar refractivity (Wildman–Crippen MR) is 46.3 cm³/mol. The standard InChI is InChI=1S/C7H6ClN3O/c1-11-6-4(9-7(11)12)2-3-5(8)10-6/h2-3H,1H3,(H,9,12). The van der Waals surface area contributed by atoms with Gasteiger partial charge in [-0.2, -0.15) is 0 Å². The smallest absolute Gasteiger partial charge is 0.304 e. The van der Waals surface area contributed by atoms with Crippen LogP contribution in [0, 0.1) is 0 Å². The van der Waals surface area contributed by atoms with Crippen molar-refractivity contribution in [3.05, 3.63) is 27.8 Å². The van der Waals surface area contributed by atoms with E-state index in [1.165, 1.54) is 4.57 Å². The van der Waals surface area contributed by atoms with Crippen LogP contribution in [-0.4, -0.2) is 14.5 Å². The number of rotatable bonds is 0. The molecule has 0 saturated carbocycles. The van der Waals surface area contributed by atoms with E-state index in [2.05, 4.69) is 9.97 Å². The van der Waals surface area contributed by atoms with E-state index >= 15 is 0 Å². The summed E-state index contributed by atoms with van der Waals surface area (Å²) in [6, 6.07) is 3.37. The second-order valence-corrected chi connectivity index (χ2v) is 2.88. The van der Waals surface area contributed by atoms with Crippen molar-refractivity contribution in [1.82, 2.24) is 14.5 Å². The van der Waals surface area contributed by atoms with Crippen LogP contribution in [-0.2, 0) is 7.05 Å². The quantitative estimate of drug-likeness (QED) is 0.618. The third-order valence-electron chi connectivity index (χ3n) is 1.71. The average Bonchev–Trinajstić information content (AvgIpc) is 2.31. The van der Waals surface area contributed by atoms with Gasteiger partial charge in [0.2, 0.25) is 0 Å². The van der Waals surface area contributed by atoms with E-state index in [-0.39, 0.29) is 5.69 Å². The van der Waals surface area contributed by atoms with Gasteiger partial charge in [-0.15, -0.1) is 0 Å². The van der Waals surface area contributed by atoms with Crippen molar-refractivity contribution >= 4 is 22.8 Å². The van der Waals surface area contributed by atoms with Gasteiger partial charge < -0.3 is 4.98 Å². The number of fused-ring (bicyclic) bond motifs is 1. The number of imidazole rings is 1. The maximum absolute atomic E-state index is 11.1. The highest BCUT2D eigenvalue weighted by Crippen LogP contribution is 2.10. The first-order valence-electron chi connectivity index (χ1n) is 3.40. The molecule has 62 valence electrons. The van der Waals surface area contributed by atoms with Crippen LogP contribution < -0.4 is 5.69 Å². The lowest BCUT2D eigenvalue weighted by atomic mass is 10.4. The predicted octanol–water partition coefficient (Wildman–Crippen LogP) is 0.915. The number of aryl methyl sites for hydroxylation is 1. The molecule has 12 heavy (non-hydrogen) atoms. The summed E-state index contributed by atoms with van der Waals surface area (Å²) in [5, 5.41) is 0.386. The minimum absolute atomic E-state index is 0.181. The van der Waals surface area contributed by atoms with Gasteiger partial charge in [0, 0.05) is 7.05 Å². The number of pyridine rings is 1. The molecule has 4 nitrogen and oxygen atoms in total. The van der Waals surface area contributed by atoms with Crippen LogP contribution >= 0.6 is 11.6 Å². The largest absolute Gasteiger partial charge is 0.327 e. The topological polar surface area (TPSA) is 50.7 Å². The second-order valence-electron chi connectivity index (χ2n) is 2.49. The Hall–Kier alpha value is -1.29. The van der Waals surface area contributed by atoms with Crippen LogP contribution in [0.25, 0.3) is 11.2 Å². The molecule has 0 spiro atoms. The number of aromatic amines is 1. The molecular weight excluding hydrogens is 178 g/mol. The molecule has 2 heterocycles. The fourth-order valence-corrected chi connectivity index (χ4v) is 1.22. The second kappa shape index (κ2) is 2.35. The van der Waals surface area contributed by atoms with Crippen molar-refractivity contribution in [3.8, 4) is 0 Å². The molecule has 0 amide bonds. The van der Waals surface area contributed by atoms with E-state index in [0.717, 1.165) is 0 Å². The van der Waals surface area contributed by atoms with Crippen LogP contribution in [0.1, 0.15) is 0 Å². The first-order chi connectivity index (χ1) is 5.68. The number of H-pyrrole nitrogens is 1. The Bertz CT molecular complexity index is 485. The summed E-state index contributed by atoms with van der Waals surface area (Å²) < 4.78 is 1.42. The Morgan fingerprint density at radius 3 is 3.08 bits per heavy atom. The highest BCUT2D eigenvalue weighted by atomic mass is 35.5. The SMILES string of the molecule is Cn1c(=O)[nH]c2ccc(Cl)nc21. The highest BCUT2D eigenvalue weighted by molar-refractivity contribution is 6.29. The third kappa shape index (κ3) is 0.921. The lowest BCUT2D eigenvalue weighted by Gasteiger charge is -1.91. The van der Waals surface area contributed by atoms with Gasteiger partial charge >= 0.3 is 5.69 Å². The fraction of sp³-hybridized carbons (Fsp3) is 0.143. The zero-order valence-electron chi connectivity index (χ0n) is 6.34. The minimum Gasteiger partial charge on any atom is -0.304 e. The van der Waals surface area contributed by atoms with Gasteiger partial charge in [0.15, 0.2) is 5.65 Å². The fourth-order valence-electron chi connectivity index (χ4n) is 1.07. The number of halogens is 1. The van der Waals surface area contributed by atoms with Crippen molar-refractivity contribution in [2.45, 2.75) is 0 Å². The summed E-state index contributed by atoms with van der Waals surface area (Å²) in [5.74, 6) is 0. The Kier molecular flexibility index (Phi) is 1.44. The molecule has 0 atom stereocenters. The average molecular weight is 184 g/mol. The third-order valence-corrected chi connectivity index (χ3v) is 1.92. The maximum atomic E-state index is 11.1. The molecular formula is C7H6ClN3O. The van der Waals surface area contributed by atoms with Crippen molar-refractivity contribution in [3.63, 3.8) is 0 Å². The molecule has 2 aromatic heterocycles. The Labute approximate surface area is 72.8 Å². The maximum Gasteiger partial charge on any atom is 0.327 e. The zero-order chi connectivity index (χ0) is 8.72. The lowest BCUT2D eigenvalue weighted by Crippen LogP contribution is -2.12. The molecule has 0 fully saturated rings. The van der Waals surface area contributed by atoms with E-state index in [4.69, 9.17) is 11.6 Å². The van der Waals surface area contributed by atoms with Gasteiger partial charge in [-0.25, -0.2) is 9.78 Å². The molecule has 1 N–H and O–H groups in total. The van der Waals surface area contributed by atoms with Crippen molar-refractivity contribution < 1.29 is 0 Å². The number of nitrogens with one attached hydrogen (secondary N) is 1. The molecule has 2 rings (SSSR count). The van der Waals surface area contributed by atoms with Gasteiger partial charge in [-0.3, -0.25) is 4.57 Å². The van der Waals surface area contributed by atoms with Crippen LogP contribution in [0.2, 0.25) is 5.15 Å². The number of hydrogen-bond acceptors (Lipinski definition) is 2. The molecule has 0 radical (unpaired) electrons. The van der Waals surface area contributed by atoms with Crippen molar-refractivity contribution in [2.24, 2.45) is 7.05 Å². The molecule has 0 saturated heterocycles. The van der Waals surface area contributed by atoms with Gasteiger partial charge in [0.05, 0.1) is 5.52 Å². The van der Waals surface area contributed by atoms with Gasteiger partial charge in [0.25, 0.3) is 0 Å². The molecule has 2 aromatic rings. The monoisotopic (exact) mass is 183 g/mol. The zero-order valence-corrected chi connectivity index (χ0v) is 7.09. The van der Waals surface area contributed by atoms with E-state index < -0.39 is 0 Å². The van der Waals surface area contributed by atoms with Gasteiger partial charge in [-0.05, 0) is 12.1 Å². The number of nitrogens with zero attached hydrogens (tertiary/aromatic N) is 2. The van der Waals surface area contributed by atoms with Crippen LogP contribution in [0.15, 0.2) is 16.9 Å². The Morgan fingerprint density at radius 2 is 2.33 bits per heavy atom. The number of hydrogen-bond donors (Lipinski definition) is 1. The first-order valence-corrected chi connectivity index (χ1v) is 3.77. The highest BCUT2D eigenvalue weighted by Gasteiger charge is 2.03. The molecule has 0 aliphatic carbocycles. The van der Waals surface area contributed by atoms with E-state index in [9.17, 15) is 4.79 Å². The molecule has 5 heteroatoms. The normalized spacial score (nSPS) is 10.8. The van der Waals surface area contributed by atoms with Crippen molar-refractivity contribution in [1.29, 1.82) is 0 Å². The minimum atomic E-state index is -0.181. The summed E-state index contributed by atoms with van der Waals surface area (Å²) in [4.78, 5) is 17.7. The molecule has 0 aliphatic heterocycles. The van der Waals surface area contributed by atoms with Gasteiger partial charge in [0.1, 0.15) is 5.15 Å². The Morgan fingerprint density at radius 1 is 1.58 bits per heavy atom. The molecule has 0 aliphatic rings. The van der Waals surface area contributed by atoms with E-state index in [1.807, 2.05) is 0 Å². The summed E-state index contributed by atoms with van der Waals surface area (Å²) in [6.45, 7) is 0.